The molecule has 0 unspecified atom stereocenters. The minimum Gasteiger partial charge on any atom is -0.493 e. The second-order valence-corrected chi connectivity index (χ2v) is 29.2. The van der Waals surface area contributed by atoms with Crippen molar-refractivity contribution in [2.24, 2.45) is 0 Å². The Morgan fingerprint density at radius 2 is 0.407 bits per heavy atom. The van der Waals surface area contributed by atoms with Gasteiger partial charge < -0.3 is 28.9 Å². The first-order valence-corrected chi connectivity index (χ1v) is 41.2. The largest absolute Gasteiger partial charge is 0.493 e. The van der Waals surface area contributed by atoms with Crippen molar-refractivity contribution in [3.63, 3.8) is 0 Å². The first kappa shape index (κ1) is 76.2. The molecule has 0 spiro atoms. The maximum absolute atomic E-state index is 7.02. The van der Waals surface area contributed by atoms with E-state index in [0.29, 0.717) is 162 Å². The summed E-state index contributed by atoms with van der Waals surface area (Å²) in [6, 6.07) is 49.0. The van der Waals surface area contributed by atoms with Crippen LogP contribution in [0.2, 0.25) is 0 Å². The summed E-state index contributed by atoms with van der Waals surface area (Å²) >= 11 is 0. The summed E-state index contributed by atoms with van der Waals surface area (Å²) in [4.78, 5) is 64.0. The van der Waals surface area contributed by atoms with Crippen LogP contribution in [0.3, 0.4) is 0 Å². The van der Waals surface area contributed by atoms with E-state index < -0.39 is 0 Å². The van der Waals surface area contributed by atoms with Crippen LogP contribution in [-0.2, 0) is 0 Å². The van der Waals surface area contributed by atoms with E-state index in [2.05, 4.69) is 86.2 Å². The zero-order valence-corrected chi connectivity index (χ0v) is 64.4. The van der Waals surface area contributed by atoms with Gasteiger partial charge in [-0.2, -0.15) is 0 Å². The smallest absolute Gasteiger partial charge is 0.168 e. The first-order valence-electron chi connectivity index (χ1n) is 41.2. The average Bonchev–Trinajstić information content (AvgIpc) is 1.58. The van der Waals surface area contributed by atoms with E-state index >= 15 is 0 Å². The van der Waals surface area contributed by atoms with E-state index in [1.165, 1.54) is 128 Å². The van der Waals surface area contributed by atoms with E-state index in [-0.39, 0.29) is 0 Å². The van der Waals surface area contributed by atoms with Gasteiger partial charge in [0, 0.05) is 22.3 Å². The number of aromatic amines is 2. The Balaban J connectivity index is 1.07. The molecule has 0 fully saturated rings. The first-order chi connectivity index (χ1) is 53.5. The molecule has 0 amide bonds. The van der Waals surface area contributed by atoms with Gasteiger partial charge in [0.2, 0.25) is 0 Å². The van der Waals surface area contributed by atoms with Crippen molar-refractivity contribution in [1.82, 2.24) is 59.8 Å². The quantitative estimate of drug-likeness (QED) is 0.0342. The van der Waals surface area contributed by atoms with Gasteiger partial charge in [-0.05, 0) is 49.9 Å². The predicted molar refractivity (Wildman–Crippen MR) is 441 cm³/mol. The SMILES string of the molecule is CCCCCCCCCCOc1ccc(OCCCCCCCCCC)c2c1-c1nc-2nc2[nH]c(nc3nc(nc4[nH]c(n1)c1nc(-c5ccccc5)c(-c5ccccc5)nc41)-c1c(OCCCCCCCCCC)ccc(OCCCCCCCCCC)c1-3)c1nc(-c3ccccc3)c(-c3ccccc3)nc21. The number of benzene rings is 6. The normalized spacial score (nSPS) is 11.7. The van der Waals surface area contributed by atoms with Gasteiger partial charge in [-0.1, -0.05) is 329 Å². The summed E-state index contributed by atoms with van der Waals surface area (Å²) in [5.41, 5.74) is 12.3. The number of unbranched alkanes of at least 4 members (excludes halogenated alkanes) is 28. The van der Waals surface area contributed by atoms with Crippen molar-refractivity contribution in [2.45, 2.75) is 233 Å². The molecule has 7 heterocycles. The molecule has 0 aliphatic carbocycles. The molecule has 16 heteroatoms. The van der Waals surface area contributed by atoms with Crippen LogP contribution in [0.4, 0.5) is 0 Å². The number of hydrogen-bond acceptors (Lipinski definition) is 14. The van der Waals surface area contributed by atoms with Crippen LogP contribution < -0.4 is 18.9 Å². The van der Waals surface area contributed by atoms with Gasteiger partial charge in [-0.15, -0.1) is 0 Å². The molecule has 2 N–H and O–H groups in total. The fraction of sp³-hybridized carbons (Fsp3) is 0.435. The summed E-state index contributed by atoms with van der Waals surface area (Å²) in [6.45, 7) is 11.1. The number of H-pyrrole nitrogens is 2. The molecule has 0 atom stereocenters. The van der Waals surface area contributed by atoms with E-state index in [0.717, 1.165) is 99.3 Å². The van der Waals surface area contributed by atoms with Crippen molar-refractivity contribution >= 4 is 44.7 Å². The molecule has 2 aliphatic rings. The molecule has 108 heavy (non-hydrogen) atoms. The Bertz CT molecular complexity index is 4260. The monoisotopic (exact) mass is 1450 g/mol. The van der Waals surface area contributed by atoms with Crippen molar-refractivity contribution in [3.8, 4) is 114 Å². The standard InChI is InChI=1S/C92H110N12O4/c1-5-9-13-17-21-25-29-45-61-105-69-57-58-70(106-62-46-30-26-22-18-14-10-6-2)74-73(69)85-97-86(74)100-90-83-84(96-80(68-55-43-36-44-56-68)79(95-83)67-53-41-35-42-54-67)92(104-90)102-88-76-72(108-64-48-32-28-24-20-16-12-8-4)60-59-71(107-63-47-31-27-23-19-15-11-7-3)75(76)87(98-88)101-91-82-81(89(99-85)103-91)93-77(65-49-37-33-38-50-65)78(94-82)66-51-39-34-40-52-66/h33-44,49-60H,5-32,45-48,61-64H2,1-4H3,(H2,97,98,99,100,101,102,103,104). The summed E-state index contributed by atoms with van der Waals surface area (Å²) < 4.78 is 28.1. The molecular weight excluding hydrogens is 1340 g/mol. The van der Waals surface area contributed by atoms with Crippen LogP contribution in [0.1, 0.15) is 233 Å². The fourth-order valence-corrected chi connectivity index (χ4v) is 14.8. The third-order valence-corrected chi connectivity index (χ3v) is 20.8. The van der Waals surface area contributed by atoms with Crippen LogP contribution in [0.15, 0.2) is 146 Å². The van der Waals surface area contributed by atoms with Crippen LogP contribution in [0.5, 0.6) is 23.0 Å². The van der Waals surface area contributed by atoms with Gasteiger partial charge >= 0.3 is 0 Å². The topological polar surface area (TPSA) is 197 Å². The third kappa shape index (κ3) is 19.3. The number of aromatic nitrogens is 12. The molecule has 11 aromatic rings. The highest BCUT2D eigenvalue weighted by Crippen LogP contribution is 2.49. The van der Waals surface area contributed by atoms with E-state index in [9.17, 15) is 0 Å². The average molecular weight is 1450 g/mol. The number of rotatable bonds is 44. The van der Waals surface area contributed by atoms with Crippen LogP contribution in [0.25, 0.3) is 135 Å². The Hall–Kier alpha value is -9.96. The number of nitrogens with zero attached hydrogens (tertiary/aromatic N) is 10. The lowest BCUT2D eigenvalue weighted by atomic mass is 10.0. The lowest BCUT2D eigenvalue weighted by Gasteiger charge is -2.15. The molecule has 0 radical (unpaired) electrons. The van der Waals surface area contributed by atoms with E-state index in [1.54, 1.807) is 0 Å². The van der Waals surface area contributed by atoms with Gasteiger partial charge in [-0.3, -0.25) is 0 Å². The molecule has 8 bridgehead atoms. The lowest BCUT2D eigenvalue weighted by molar-refractivity contribution is 0.298. The van der Waals surface area contributed by atoms with E-state index in [4.69, 9.17) is 68.8 Å². The Labute approximate surface area is 638 Å². The predicted octanol–water partition coefficient (Wildman–Crippen LogP) is 25.2. The van der Waals surface area contributed by atoms with Gasteiger partial charge in [0.15, 0.2) is 45.9 Å². The third-order valence-electron chi connectivity index (χ3n) is 20.8. The molecular formula is C92H110N12O4. The molecule has 5 aromatic heterocycles. The van der Waals surface area contributed by atoms with Crippen molar-refractivity contribution < 1.29 is 18.9 Å². The molecule has 16 nitrogen and oxygen atoms in total. The molecule has 0 saturated carbocycles. The Morgan fingerprint density at radius 1 is 0.213 bits per heavy atom. The summed E-state index contributed by atoms with van der Waals surface area (Å²) in [5, 5.41) is 0. The van der Waals surface area contributed by atoms with Gasteiger partial charge in [-0.25, -0.2) is 49.8 Å². The molecule has 562 valence electrons. The summed E-state index contributed by atoms with van der Waals surface area (Å²) in [6.07, 6.45) is 37.4. The van der Waals surface area contributed by atoms with Crippen molar-refractivity contribution in [1.29, 1.82) is 0 Å². The van der Waals surface area contributed by atoms with Gasteiger partial charge in [0.05, 0.1) is 71.5 Å². The molecule has 6 aromatic carbocycles. The summed E-state index contributed by atoms with van der Waals surface area (Å²) in [5.74, 6) is 3.86. The second kappa shape index (κ2) is 39.8. The lowest BCUT2D eigenvalue weighted by Crippen LogP contribution is -2.02. The van der Waals surface area contributed by atoms with Crippen LogP contribution in [0, 0.1) is 0 Å². The van der Waals surface area contributed by atoms with Crippen LogP contribution >= 0.6 is 0 Å². The Morgan fingerprint density at radius 3 is 0.611 bits per heavy atom. The highest BCUT2D eigenvalue weighted by atomic mass is 16.5. The Kier molecular flexibility index (Phi) is 28.1. The highest BCUT2D eigenvalue weighted by Gasteiger charge is 2.33. The van der Waals surface area contributed by atoms with Crippen LogP contribution in [-0.4, -0.2) is 86.2 Å². The zero-order chi connectivity index (χ0) is 73.9. The maximum Gasteiger partial charge on any atom is 0.168 e. The maximum atomic E-state index is 7.02. The number of fused-ring (bicyclic) bond motifs is 20. The molecule has 13 rings (SSSR count). The zero-order valence-electron chi connectivity index (χ0n) is 64.4. The summed E-state index contributed by atoms with van der Waals surface area (Å²) in [7, 11) is 0. The number of nitrogens with one attached hydrogen (secondary N) is 2. The van der Waals surface area contributed by atoms with Gasteiger partial charge in [0.1, 0.15) is 45.1 Å². The van der Waals surface area contributed by atoms with E-state index in [1.807, 2.05) is 97.1 Å². The highest BCUT2D eigenvalue weighted by molar-refractivity contribution is 6.05. The van der Waals surface area contributed by atoms with Crippen molar-refractivity contribution in [3.05, 3.63) is 146 Å². The minimum absolute atomic E-state index is 0.349. The van der Waals surface area contributed by atoms with Crippen molar-refractivity contribution in [2.75, 3.05) is 26.4 Å². The second-order valence-electron chi connectivity index (χ2n) is 29.2. The molecule has 2 aliphatic heterocycles. The number of ether oxygens (including phenoxy) is 4. The fourth-order valence-electron chi connectivity index (χ4n) is 14.8. The number of hydrogen-bond donors (Lipinski definition) is 2. The minimum atomic E-state index is 0.349. The molecule has 0 saturated heterocycles. The van der Waals surface area contributed by atoms with Gasteiger partial charge in [0.25, 0.3) is 0 Å².